The molecule has 1 saturated heterocycles. The minimum Gasteiger partial charge on any atom is -0.462 e. The first-order chi connectivity index (χ1) is 12.7. The number of nitrogens with one attached hydrogen (secondary N) is 1. The van der Waals surface area contributed by atoms with Crippen molar-refractivity contribution in [3.05, 3.63) is 53.6 Å². The molecule has 1 aromatic carbocycles. The predicted octanol–water partition coefficient (Wildman–Crippen LogP) is 4.37. The number of hydrogen-bond donors (Lipinski definition) is 1. The summed E-state index contributed by atoms with van der Waals surface area (Å²) < 4.78 is 11.2. The van der Waals surface area contributed by atoms with Crippen LogP contribution in [0.25, 0.3) is 22.0 Å². The molecule has 3 heterocycles. The SMILES string of the molecule is CC(NC(=O)c1sc(-c2ccco2)nc1-c1ccccc1)C1CCCO1. The van der Waals surface area contributed by atoms with Crippen molar-refractivity contribution in [3.63, 3.8) is 0 Å². The monoisotopic (exact) mass is 368 g/mol. The lowest BCUT2D eigenvalue weighted by Gasteiger charge is -2.19. The van der Waals surface area contributed by atoms with Crippen molar-refractivity contribution in [2.75, 3.05) is 6.61 Å². The third-order valence-corrected chi connectivity index (χ3v) is 5.56. The fourth-order valence-electron chi connectivity index (χ4n) is 3.13. The van der Waals surface area contributed by atoms with E-state index in [1.165, 1.54) is 11.3 Å². The van der Waals surface area contributed by atoms with Crippen LogP contribution in [0.3, 0.4) is 0 Å². The van der Waals surface area contributed by atoms with Gasteiger partial charge in [-0.15, -0.1) is 11.3 Å². The number of furan rings is 1. The number of aromatic nitrogens is 1. The summed E-state index contributed by atoms with van der Waals surface area (Å²) >= 11 is 1.35. The van der Waals surface area contributed by atoms with E-state index in [1.54, 1.807) is 6.26 Å². The van der Waals surface area contributed by atoms with Gasteiger partial charge in [0, 0.05) is 12.2 Å². The van der Waals surface area contributed by atoms with Crippen LogP contribution in [-0.4, -0.2) is 29.6 Å². The molecule has 4 rings (SSSR count). The van der Waals surface area contributed by atoms with Gasteiger partial charge >= 0.3 is 0 Å². The van der Waals surface area contributed by atoms with Crippen LogP contribution in [0.1, 0.15) is 29.4 Å². The molecule has 0 spiro atoms. The fraction of sp³-hybridized carbons (Fsp3) is 0.300. The number of carbonyl (C=O) groups is 1. The Morgan fingerprint density at radius 3 is 2.81 bits per heavy atom. The van der Waals surface area contributed by atoms with Crippen LogP contribution in [0.2, 0.25) is 0 Å². The molecule has 26 heavy (non-hydrogen) atoms. The standard InChI is InChI=1S/C20H20N2O3S/c1-13(15-9-5-11-24-15)21-19(23)18-17(14-7-3-2-4-8-14)22-20(26-18)16-10-6-12-25-16/h2-4,6-8,10,12-13,15H,5,9,11H2,1H3,(H,21,23). The normalized spacial score (nSPS) is 18.0. The van der Waals surface area contributed by atoms with E-state index in [2.05, 4.69) is 10.3 Å². The van der Waals surface area contributed by atoms with Gasteiger partial charge < -0.3 is 14.5 Å². The summed E-state index contributed by atoms with van der Waals surface area (Å²) in [4.78, 5) is 18.2. The number of amides is 1. The smallest absolute Gasteiger partial charge is 0.263 e. The van der Waals surface area contributed by atoms with E-state index in [1.807, 2.05) is 49.4 Å². The zero-order valence-corrected chi connectivity index (χ0v) is 15.3. The molecule has 2 atom stereocenters. The first-order valence-electron chi connectivity index (χ1n) is 8.75. The summed E-state index contributed by atoms with van der Waals surface area (Å²) in [7, 11) is 0. The maximum Gasteiger partial charge on any atom is 0.263 e. The van der Waals surface area contributed by atoms with Crippen LogP contribution < -0.4 is 5.32 Å². The number of benzene rings is 1. The number of hydrogen-bond acceptors (Lipinski definition) is 5. The Morgan fingerprint density at radius 2 is 2.12 bits per heavy atom. The molecular formula is C20H20N2O3S. The second-order valence-corrected chi connectivity index (χ2v) is 7.35. The molecule has 0 aliphatic carbocycles. The predicted molar refractivity (Wildman–Crippen MR) is 101 cm³/mol. The van der Waals surface area contributed by atoms with Gasteiger partial charge in [-0.25, -0.2) is 4.98 Å². The van der Waals surface area contributed by atoms with Gasteiger partial charge in [0.1, 0.15) is 4.88 Å². The summed E-state index contributed by atoms with van der Waals surface area (Å²) in [6.07, 6.45) is 3.71. The number of ether oxygens (including phenoxy) is 1. The highest BCUT2D eigenvalue weighted by molar-refractivity contribution is 7.17. The first-order valence-corrected chi connectivity index (χ1v) is 9.56. The molecule has 1 aliphatic heterocycles. The number of nitrogens with zero attached hydrogens (tertiary/aromatic N) is 1. The van der Waals surface area contributed by atoms with Crippen LogP contribution in [0.5, 0.6) is 0 Å². The van der Waals surface area contributed by atoms with Crippen molar-refractivity contribution in [1.29, 1.82) is 0 Å². The molecule has 0 radical (unpaired) electrons. The molecule has 6 heteroatoms. The van der Waals surface area contributed by atoms with Crippen LogP contribution >= 0.6 is 11.3 Å². The van der Waals surface area contributed by atoms with Crippen LogP contribution in [0, 0.1) is 0 Å². The molecule has 5 nitrogen and oxygen atoms in total. The third kappa shape index (κ3) is 3.43. The van der Waals surface area contributed by atoms with Crippen LogP contribution in [0.15, 0.2) is 53.1 Å². The Balaban J connectivity index is 1.66. The number of carbonyl (C=O) groups excluding carboxylic acids is 1. The molecule has 0 bridgehead atoms. The zero-order chi connectivity index (χ0) is 17.9. The van der Waals surface area contributed by atoms with Gasteiger partial charge in [-0.2, -0.15) is 0 Å². The Morgan fingerprint density at radius 1 is 1.27 bits per heavy atom. The highest BCUT2D eigenvalue weighted by Gasteiger charge is 2.27. The van der Waals surface area contributed by atoms with Crippen molar-refractivity contribution in [2.45, 2.75) is 31.9 Å². The van der Waals surface area contributed by atoms with Crippen LogP contribution in [0.4, 0.5) is 0 Å². The van der Waals surface area contributed by atoms with Crippen molar-refractivity contribution >= 4 is 17.2 Å². The largest absolute Gasteiger partial charge is 0.462 e. The summed E-state index contributed by atoms with van der Waals surface area (Å²) in [6, 6.07) is 13.4. The lowest BCUT2D eigenvalue weighted by molar-refractivity contribution is 0.0715. The molecule has 2 aromatic heterocycles. The Hall–Kier alpha value is -2.44. The molecule has 0 saturated carbocycles. The summed E-state index contributed by atoms with van der Waals surface area (Å²) in [5.41, 5.74) is 1.59. The van der Waals surface area contributed by atoms with Crippen molar-refractivity contribution < 1.29 is 13.9 Å². The number of rotatable bonds is 5. The second-order valence-electron chi connectivity index (χ2n) is 6.35. The van der Waals surface area contributed by atoms with Gasteiger partial charge in [-0.3, -0.25) is 4.79 Å². The average molecular weight is 368 g/mol. The fourth-order valence-corrected chi connectivity index (χ4v) is 4.09. The molecule has 1 N–H and O–H groups in total. The van der Waals surface area contributed by atoms with Gasteiger partial charge in [-0.05, 0) is 31.9 Å². The maximum atomic E-state index is 13.0. The highest BCUT2D eigenvalue weighted by atomic mass is 32.1. The van der Waals surface area contributed by atoms with E-state index in [9.17, 15) is 4.79 Å². The maximum absolute atomic E-state index is 13.0. The molecule has 134 valence electrons. The first kappa shape index (κ1) is 17.0. The van der Waals surface area contributed by atoms with Crippen molar-refractivity contribution in [1.82, 2.24) is 10.3 Å². The Labute approximate surface area is 156 Å². The van der Waals surface area contributed by atoms with E-state index in [4.69, 9.17) is 9.15 Å². The lowest BCUT2D eigenvalue weighted by Crippen LogP contribution is -2.40. The second kappa shape index (κ2) is 7.43. The summed E-state index contributed by atoms with van der Waals surface area (Å²) in [5.74, 6) is 0.542. The lowest BCUT2D eigenvalue weighted by atomic mass is 10.1. The molecular weight excluding hydrogens is 348 g/mol. The highest BCUT2D eigenvalue weighted by Crippen LogP contribution is 2.34. The van der Waals surface area contributed by atoms with Gasteiger partial charge in [0.25, 0.3) is 5.91 Å². The van der Waals surface area contributed by atoms with Gasteiger partial charge in [0.15, 0.2) is 10.8 Å². The molecule has 1 fully saturated rings. The summed E-state index contributed by atoms with van der Waals surface area (Å²) in [6.45, 7) is 2.76. The topological polar surface area (TPSA) is 64.4 Å². The van der Waals surface area contributed by atoms with E-state index < -0.39 is 0 Å². The van der Waals surface area contributed by atoms with E-state index in [-0.39, 0.29) is 18.1 Å². The Bertz CT molecular complexity index is 868. The van der Waals surface area contributed by atoms with Gasteiger partial charge in [0.05, 0.1) is 24.1 Å². The average Bonchev–Trinajstić information content (AvgIpc) is 3.43. The molecule has 1 aliphatic rings. The van der Waals surface area contributed by atoms with Gasteiger partial charge in [-0.1, -0.05) is 30.3 Å². The van der Waals surface area contributed by atoms with Crippen molar-refractivity contribution in [3.8, 4) is 22.0 Å². The third-order valence-electron chi connectivity index (χ3n) is 4.49. The van der Waals surface area contributed by atoms with E-state index in [0.717, 1.165) is 25.0 Å². The molecule has 2 unspecified atom stereocenters. The summed E-state index contributed by atoms with van der Waals surface area (Å²) in [5, 5.41) is 3.78. The molecule has 3 aromatic rings. The van der Waals surface area contributed by atoms with Crippen LogP contribution in [-0.2, 0) is 4.74 Å². The van der Waals surface area contributed by atoms with Crippen molar-refractivity contribution in [2.24, 2.45) is 0 Å². The quantitative estimate of drug-likeness (QED) is 0.726. The van der Waals surface area contributed by atoms with Gasteiger partial charge in [0.2, 0.25) is 0 Å². The van der Waals surface area contributed by atoms with E-state index in [0.29, 0.717) is 21.3 Å². The Kier molecular flexibility index (Phi) is 4.86. The minimum absolute atomic E-state index is 0.0391. The molecule has 1 amide bonds. The minimum atomic E-state index is -0.123. The van der Waals surface area contributed by atoms with E-state index >= 15 is 0 Å². The zero-order valence-electron chi connectivity index (χ0n) is 14.5. The number of thiazole rings is 1.